The number of aromatic nitrogens is 1. The SMILES string of the molecule is CCS(=O)(=O)N=S1(=O)CC=C(c2c(F)cc(N3C[C@H](CNc4ccon4)OC3=O)cc2F)CC1. The maximum absolute atomic E-state index is 14.9. The minimum Gasteiger partial charge on any atom is -0.442 e. The van der Waals surface area contributed by atoms with Gasteiger partial charge in [0.2, 0.25) is 0 Å². The van der Waals surface area contributed by atoms with Crippen LogP contribution in [-0.4, -0.2) is 60.3 Å². The lowest BCUT2D eigenvalue weighted by molar-refractivity contribution is 0.147. The Morgan fingerprint density at radius 1 is 1.32 bits per heavy atom. The second kappa shape index (κ2) is 9.33. The van der Waals surface area contributed by atoms with Gasteiger partial charge >= 0.3 is 6.09 Å². The number of hydrogen-bond donors (Lipinski definition) is 1. The van der Waals surface area contributed by atoms with Crippen LogP contribution in [0.25, 0.3) is 5.57 Å². The second-order valence-electron chi connectivity index (χ2n) is 7.73. The van der Waals surface area contributed by atoms with Crippen molar-refractivity contribution in [2.45, 2.75) is 19.4 Å². The van der Waals surface area contributed by atoms with Gasteiger partial charge in [0.05, 0.1) is 40.0 Å². The zero-order valence-electron chi connectivity index (χ0n) is 18.1. The molecule has 2 aromatic rings. The number of nitrogens with one attached hydrogen (secondary N) is 1. The summed E-state index contributed by atoms with van der Waals surface area (Å²) in [4.78, 5) is 13.4. The average molecular weight is 517 g/mol. The topological polar surface area (TPSA) is 131 Å². The summed E-state index contributed by atoms with van der Waals surface area (Å²) in [6.07, 6.45) is 1.42. The van der Waals surface area contributed by atoms with Gasteiger partial charge in [-0.05, 0) is 31.1 Å². The number of benzene rings is 1. The Bertz CT molecular complexity index is 1330. The van der Waals surface area contributed by atoms with Gasteiger partial charge in [-0.2, -0.15) is 0 Å². The summed E-state index contributed by atoms with van der Waals surface area (Å²) in [5, 5.41) is 6.61. The van der Waals surface area contributed by atoms with Crippen molar-refractivity contribution in [3.05, 3.63) is 47.7 Å². The average Bonchev–Trinajstić information content (AvgIpc) is 3.42. The molecule has 1 saturated heterocycles. The number of ether oxygens (including phenoxy) is 1. The first-order chi connectivity index (χ1) is 16.1. The summed E-state index contributed by atoms with van der Waals surface area (Å²) in [6.45, 7) is 1.69. The molecule has 2 atom stereocenters. The molecule has 1 fully saturated rings. The largest absolute Gasteiger partial charge is 0.442 e. The van der Waals surface area contributed by atoms with Crippen LogP contribution in [0.3, 0.4) is 0 Å². The summed E-state index contributed by atoms with van der Waals surface area (Å²) in [7, 11) is -6.86. The van der Waals surface area contributed by atoms with Crippen molar-refractivity contribution in [1.82, 2.24) is 5.16 Å². The smallest absolute Gasteiger partial charge is 0.414 e. The van der Waals surface area contributed by atoms with Crippen molar-refractivity contribution in [3.63, 3.8) is 0 Å². The van der Waals surface area contributed by atoms with Crippen LogP contribution in [0, 0.1) is 11.6 Å². The van der Waals surface area contributed by atoms with Crippen LogP contribution >= 0.6 is 0 Å². The van der Waals surface area contributed by atoms with Crippen molar-refractivity contribution < 1.29 is 35.5 Å². The quantitative estimate of drug-likeness (QED) is 0.594. The van der Waals surface area contributed by atoms with Crippen LogP contribution in [-0.2, 0) is 24.5 Å². The van der Waals surface area contributed by atoms with E-state index in [4.69, 9.17) is 9.26 Å². The lowest BCUT2D eigenvalue weighted by atomic mass is 10.0. The van der Waals surface area contributed by atoms with Gasteiger partial charge in [-0.3, -0.25) is 4.90 Å². The number of carbonyl (C=O) groups excluding carboxylic acids is 1. The lowest BCUT2D eigenvalue weighted by Gasteiger charge is -2.20. The van der Waals surface area contributed by atoms with Gasteiger partial charge in [-0.25, -0.2) is 26.2 Å². The fourth-order valence-electron chi connectivity index (χ4n) is 3.62. The van der Waals surface area contributed by atoms with Crippen molar-refractivity contribution in [2.24, 2.45) is 3.77 Å². The predicted molar refractivity (Wildman–Crippen MR) is 121 cm³/mol. The Morgan fingerprint density at radius 3 is 2.65 bits per heavy atom. The van der Waals surface area contributed by atoms with E-state index in [1.54, 1.807) is 6.07 Å². The molecule has 10 nitrogen and oxygen atoms in total. The Balaban J connectivity index is 1.51. The number of hydrogen-bond acceptors (Lipinski definition) is 8. The molecule has 2 aliphatic rings. The van der Waals surface area contributed by atoms with E-state index in [9.17, 15) is 26.2 Å². The number of anilines is 2. The molecule has 34 heavy (non-hydrogen) atoms. The van der Waals surface area contributed by atoms with Crippen LogP contribution in [0.4, 0.5) is 25.1 Å². The number of halogens is 2. The number of allylic oxidation sites excluding steroid dienone is 1. The van der Waals surface area contributed by atoms with E-state index < -0.39 is 43.6 Å². The van der Waals surface area contributed by atoms with Gasteiger partial charge < -0.3 is 14.6 Å². The van der Waals surface area contributed by atoms with Crippen LogP contribution < -0.4 is 10.2 Å². The Hall–Kier alpha value is -3.00. The maximum Gasteiger partial charge on any atom is 0.414 e. The fourth-order valence-corrected chi connectivity index (χ4v) is 7.41. The molecule has 1 unspecified atom stereocenters. The highest BCUT2D eigenvalue weighted by atomic mass is 32.3. The number of cyclic esters (lactones) is 1. The first kappa shape index (κ1) is 24.1. The third-order valence-electron chi connectivity index (χ3n) is 5.38. The summed E-state index contributed by atoms with van der Waals surface area (Å²) in [5.74, 6) is -1.96. The molecule has 4 rings (SSSR count). The molecule has 1 N–H and O–H groups in total. The van der Waals surface area contributed by atoms with Crippen LogP contribution in [0.2, 0.25) is 0 Å². The molecule has 2 aliphatic heterocycles. The van der Waals surface area contributed by atoms with Gasteiger partial charge in [-0.15, -0.1) is 3.77 Å². The molecular weight excluding hydrogens is 494 g/mol. The van der Waals surface area contributed by atoms with Gasteiger partial charge in [-0.1, -0.05) is 11.2 Å². The molecule has 1 aromatic heterocycles. The van der Waals surface area contributed by atoms with E-state index in [0.29, 0.717) is 5.82 Å². The number of carbonyl (C=O) groups is 1. The molecule has 3 heterocycles. The normalized spacial score (nSPS) is 22.9. The molecule has 0 spiro atoms. The Morgan fingerprint density at radius 2 is 2.06 bits per heavy atom. The van der Waals surface area contributed by atoms with Gasteiger partial charge in [0.15, 0.2) is 5.82 Å². The van der Waals surface area contributed by atoms with Gasteiger partial charge in [0.25, 0.3) is 10.0 Å². The summed E-state index contributed by atoms with van der Waals surface area (Å²) < 4.78 is 79.4. The standard InChI is InChI=1S/C20H22F2N4O6S2/c1-2-34(29,30)25-33(28)7-4-13(5-8-33)19-16(21)9-14(10-17(19)22)26-12-15(32-20(26)27)11-23-18-3-6-31-24-18/h3-4,6,9-10,15H,2,5,7-8,11-12H2,1H3,(H,23,24)/t15-,33?/m0/s1. The van der Waals surface area contributed by atoms with Crippen molar-refractivity contribution in [3.8, 4) is 0 Å². The molecule has 1 aromatic carbocycles. The second-order valence-corrected chi connectivity index (χ2v) is 12.4. The Kier molecular flexibility index (Phi) is 6.62. The van der Waals surface area contributed by atoms with Crippen molar-refractivity contribution in [2.75, 3.05) is 40.6 Å². The van der Waals surface area contributed by atoms with E-state index in [1.807, 2.05) is 0 Å². The van der Waals surface area contributed by atoms with Gasteiger partial charge in [0.1, 0.15) is 24.0 Å². The molecule has 1 amide bonds. The first-order valence-electron chi connectivity index (χ1n) is 10.4. The predicted octanol–water partition coefficient (Wildman–Crippen LogP) is 2.99. The van der Waals surface area contributed by atoms with Crippen molar-refractivity contribution >= 4 is 42.9 Å². The molecule has 0 saturated carbocycles. The molecule has 0 bridgehead atoms. The monoisotopic (exact) mass is 516 g/mol. The van der Waals surface area contributed by atoms with Crippen molar-refractivity contribution in [1.29, 1.82) is 0 Å². The molecule has 0 radical (unpaired) electrons. The third kappa shape index (κ3) is 5.22. The zero-order chi connectivity index (χ0) is 24.5. The highest BCUT2D eigenvalue weighted by Gasteiger charge is 2.34. The number of rotatable bonds is 7. The fraction of sp³-hybridized carbons (Fsp3) is 0.400. The molecule has 14 heteroatoms. The van der Waals surface area contributed by atoms with Crippen LogP contribution in [0.1, 0.15) is 18.9 Å². The molecular formula is C20H22F2N4O6S2. The van der Waals surface area contributed by atoms with E-state index in [-0.39, 0.29) is 53.6 Å². The summed E-state index contributed by atoms with van der Waals surface area (Å²) >= 11 is 0. The molecule has 184 valence electrons. The van der Waals surface area contributed by atoms with E-state index in [1.165, 1.54) is 19.3 Å². The third-order valence-corrected chi connectivity index (χ3v) is 9.63. The highest BCUT2D eigenvalue weighted by Crippen LogP contribution is 2.33. The van der Waals surface area contributed by atoms with E-state index in [0.717, 1.165) is 17.0 Å². The number of nitrogens with zero attached hydrogens (tertiary/aromatic N) is 3. The van der Waals surface area contributed by atoms with E-state index in [2.05, 4.69) is 14.2 Å². The minimum atomic E-state index is -3.81. The number of amides is 1. The van der Waals surface area contributed by atoms with Crippen LogP contribution in [0.15, 0.2) is 38.8 Å². The number of sulfonamides is 1. The first-order valence-corrected chi connectivity index (χ1v) is 13.8. The maximum atomic E-state index is 14.9. The Labute approximate surface area is 195 Å². The van der Waals surface area contributed by atoms with Crippen LogP contribution in [0.5, 0.6) is 0 Å². The van der Waals surface area contributed by atoms with Gasteiger partial charge in [0, 0.05) is 17.4 Å². The van der Waals surface area contributed by atoms with E-state index >= 15 is 0 Å². The zero-order valence-corrected chi connectivity index (χ0v) is 19.7. The molecule has 0 aliphatic carbocycles. The summed E-state index contributed by atoms with van der Waals surface area (Å²) in [6, 6.07) is 3.66. The highest BCUT2D eigenvalue weighted by molar-refractivity contribution is 8.03. The lowest BCUT2D eigenvalue weighted by Crippen LogP contribution is -2.27. The minimum absolute atomic E-state index is 0.00284. The summed E-state index contributed by atoms with van der Waals surface area (Å²) in [5.41, 5.74) is -0.0411.